The molecule has 0 atom stereocenters. The molecule has 0 radical (unpaired) electrons. The molecule has 0 amide bonds. The van der Waals surface area contributed by atoms with Gasteiger partial charge in [-0.15, -0.1) is 0 Å². The van der Waals surface area contributed by atoms with Gasteiger partial charge in [0.15, 0.2) is 5.65 Å². The Labute approximate surface area is 77.2 Å². The van der Waals surface area contributed by atoms with Gasteiger partial charge in [-0.2, -0.15) is 0 Å². The van der Waals surface area contributed by atoms with Crippen LogP contribution in [-0.2, 0) is 0 Å². The van der Waals surface area contributed by atoms with Crippen LogP contribution in [0, 0.1) is 5.41 Å². The summed E-state index contributed by atoms with van der Waals surface area (Å²) in [6, 6.07) is 0. The Morgan fingerprint density at radius 2 is 2.36 bits per heavy atom. The number of hydrogen-bond acceptors (Lipinski definition) is 4. The van der Waals surface area contributed by atoms with Crippen LogP contribution in [-0.4, -0.2) is 25.8 Å². The van der Waals surface area contributed by atoms with Crippen molar-refractivity contribution in [1.29, 1.82) is 5.41 Å². The second-order valence-electron chi connectivity index (χ2n) is 2.36. The molecule has 14 heavy (non-hydrogen) atoms. The number of hydrogen-bond donors (Lipinski definition) is 2. The largest absolute Gasteiger partial charge is 0.341 e. The summed E-state index contributed by atoms with van der Waals surface area (Å²) in [5.41, 5.74) is 9.34. The van der Waals surface area contributed by atoms with Crippen molar-refractivity contribution in [2.24, 2.45) is 5.11 Å². The Morgan fingerprint density at radius 3 is 3.14 bits per heavy atom. The van der Waals surface area contributed by atoms with Gasteiger partial charge in [-0.1, -0.05) is 0 Å². The standard InChI is InChI=1S/C6H4N8/c7-5(13-14-8)3-4-6(11-1-9-3)12-2-10-4/h1-2,7H,(H,9,10,11,12). The fourth-order valence-corrected chi connectivity index (χ4v) is 1.04. The van der Waals surface area contributed by atoms with E-state index < -0.39 is 0 Å². The molecule has 0 bridgehead atoms. The van der Waals surface area contributed by atoms with E-state index in [1.54, 1.807) is 0 Å². The maximum Gasteiger partial charge on any atom is 0.181 e. The summed E-state index contributed by atoms with van der Waals surface area (Å²) in [6.07, 6.45) is 2.70. The average molecular weight is 188 g/mol. The molecule has 2 rings (SSSR count). The highest BCUT2D eigenvalue weighted by atomic mass is 15.2. The molecule has 2 heterocycles. The highest BCUT2D eigenvalue weighted by Gasteiger charge is 2.08. The van der Waals surface area contributed by atoms with Gasteiger partial charge in [-0.25, -0.2) is 15.0 Å². The lowest BCUT2D eigenvalue weighted by molar-refractivity contribution is 1.17. The van der Waals surface area contributed by atoms with Crippen molar-refractivity contribution in [3.63, 3.8) is 0 Å². The molecule has 0 saturated carbocycles. The number of H-pyrrole nitrogens is 1. The topological polar surface area (TPSA) is 127 Å². The van der Waals surface area contributed by atoms with Crippen LogP contribution in [0.15, 0.2) is 17.8 Å². The van der Waals surface area contributed by atoms with Crippen LogP contribution in [0.2, 0.25) is 0 Å². The predicted molar refractivity (Wildman–Crippen MR) is 47.7 cm³/mol. The van der Waals surface area contributed by atoms with E-state index in [1.807, 2.05) is 0 Å². The highest BCUT2D eigenvalue weighted by molar-refractivity contribution is 6.03. The van der Waals surface area contributed by atoms with Gasteiger partial charge in [0.25, 0.3) is 0 Å². The van der Waals surface area contributed by atoms with E-state index in [2.05, 4.69) is 30.0 Å². The number of nitrogens with one attached hydrogen (secondary N) is 2. The molecular formula is C6H4N8. The Bertz CT molecular complexity index is 534. The SMILES string of the molecule is [N-]=[N+]=NC(=N)c1ncnc2nc[nH]c12. The van der Waals surface area contributed by atoms with Crippen LogP contribution in [0.1, 0.15) is 5.69 Å². The highest BCUT2D eigenvalue weighted by Crippen LogP contribution is 2.09. The van der Waals surface area contributed by atoms with Gasteiger partial charge >= 0.3 is 0 Å². The molecule has 2 N–H and O–H groups in total. The molecule has 8 heteroatoms. The predicted octanol–water partition coefficient (Wildman–Crippen LogP) is 0.989. The minimum atomic E-state index is -0.260. The summed E-state index contributed by atoms with van der Waals surface area (Å²) in [4.78, 5) is 16.8. The van der Waals surface area contributed by atoms with Crippen LogP contribution in [0.3, 0.4) is 0 Å². The molecule has 0 aliphatic heterocycles. The van der Waals surface area contributed by atoms with Crippen molar-refractivity contribution >= 4 is 17.0 Å². The molecule has 0 aliphatic carbocycles. The lowest BCUT2D eigenvalue weighted by Crippen LogP contribution is -1.99. The van der Waals surface area contributed by atoms with E-state index >= 15 is 0 Å². The summed E-state index contributed by atoms with van der Waals surface area (Å²) >= 11 is 0. The van der Waals surface area contributed by atoms with Crippen molar-refractivity contribution in [2.75, 3.05) is 0 Å². The van der Waals surface area contributed by atoms with Crippen molar-refractivity contribution in [3.05, 3.63) is 28.8 Å². The zero-order valence-corrected chi connectivity index (χ0v) is 6.84. The number of nitrogens with zero attached hydrogens (tertiary/aromatic N) is 6. The summed E-state index contributed by atoms with van der Waals surface area (Å²) in [7, 11) is 0. The second kappa shape index (κ2) is 3.11. The Hall–Kier alpha value is -2.47. The molecular weight excluding hydrogens is 184 g/mol. The van der Waals surface area contributed by atoms with Crippen molar-refractivity contribution in [1.82, 2.24) is 19.9 Å². The zero-order chi connectivity index (χ0) is 9.97. The van der Waals surface area contributed by atoms with Crippen molar-refractivity contribution < 1.29 is 0 Å². The van der Waals surface area contributed by atoms with E-state index in [1.165, 1.54) is 12.7 Å². The molecule has 0 aliphatic rings. The Balaban J connectivity index is 2.67. The summed E-state index contributed by atoms with van der Waals surface area (Å²) in [5, 5.41) is 10.5. The molecule has 0 saturated heterocycles. The fraction of sp³-hybridized carbons (Fsp3) is 0. The van der Waals surface area contributed by atoms with Crippen LogP contribution in [0.4, 0.5) is 0 Å². The molecule has 0 spiro atoms. The van der Waals surface area contributed by atoms with E-state index in [0.29, 0.717) is 11.2 Å². The van der Waals surface area contributed by atoms with E-state index in [9.17, 15) is 0 Å². The van der Waals surface area contributed by atoms with Gasteiger partial charge in [0, 0.05) is 4.91 Å². The van der Waals surface area contributed by atoms with E-state index in [-0.39, 0.29) is 11.5 Å². The number of aromatic nitrogens is 4. The summed E-state index contributed by atoms with van der Waals surface area (Å²) < 4.78 is 0. The van der Waals surface area contributed by atoms with Gasteiger partial charge in [-0.3, -0.25) is 5.41 Å². The number of aromatic amines is 1. The molecule has 0 aromatic carbocycles. The zero-order valence-electron chi connectivity index (χ0n) is 6.84. The maximum atomic E-state index is 8.17. The lowest BCUT2D eigenvalue weighted by atomic mass is 10.3. The first-order valence-electron chi connectivity index (χ1n) is 3.61. The molecule has 0 fully saturated rings. The quantitative estimate of drug-likeness (QED) is 0.227. The van der Waals surface area contributed by atoms with Crippen molar-refractivity contribution in [3.8, 4) is 0 Å². The summed E-state index contributed by atoms with van der Waals surface area (Å²) in [6.45, 7) is 0. The number of fused-ring (bicyclic) bond motifs is 1. The molecule has 2 aromatic heterocycles. The normalized spacial score (nSPS) is 9.71. The number of amidine groups is 1. The molecule has 68 valence electrons. The number of rotatable bonds is 1. The maximum absolute atomic E-state index is 8.17. The monoisotopic (exact) mass is 188 g/mol. The van der Waals surface area contributed by atoms with Crippen LogP contribution < -0.4 is 0 Å². The third-order valence-electron chi connectivity index (χ3n) is 1.59. The van der Waals surface area contributed by atoms with E-state index in [4.69, 9.17) is 10.9 Å². The second-order valence-corrected chi connectivity index (χ2v) is 2.36. The lowest BCUT2D eigenvalue weighted by Gasteiger charge is -1.95. The minimum Gasteiger partial charge on any atom is -0.341 e. The summed E-state index contributed by atoms with van der Waals surface area (Å²) in [5.74, 6) is -0.260. The Morgan fingerprint density at radius 1 is 1.50 bits per heavy atom. The van der Waals surface area contributed by atoms with Crippen molar-refractivity contribution in [2.45, 2.75) is 0 Å². The van der Waals surface area contributed by atoms with Gasteiger partial charge < -0.3 is 4.98 Å². The first kappa shape index (κ1) is 8.14. The van der Waals surface area contributed by atoms with E-state index in [0.717, 1.165) is 0 Å². The van der Waals surface area contributed by atoms with Gasteiger partial charge in [-0.05, 0) is 10.6 Å². The van der Waals surface area contributed by atoms with Gasteiger partial charge in [0.05, 0.1) is 6.33 Å². The minimum absolute atomic E-state index is 0.241. The first-order chi connectivity index (χ1) is 6.83. The van der Waals surface area contributed by atoms with Crippen LogP contribution >= 0.6 is 0 Å². The first-order valence-corrected chi connectivity index (χ1v) is 3.61. The van der Waals surface area contributed by atoms with Gasteiger partial charge in [0.2, 0.25) is 0 Å². The third kappa shape index (κ3) is 1.15. The Kier molecular flexibility index (Phi) is 1.81. The smallest absolute Gasteiger partial charge is 0.181 e. The van der Waals surface area contributed by atoms with Crippen LogP contribution in [0.5, 0.6) is 0 Å². The molecule has 8 nitrogen and oxygen atoms in total. The third-order valence-corrected chi connectivity index (χ3v) is 1.59. The molecule has 2 aromatic rings. The number of azide groups is 1. The molecule has 0 unspecified atom stereocenters. The van der Waals surface area contributed by atoms with Crippen LogP contribution in [0.25, 0.3) is 21.6 Å². The average Bonchev–Trinajstić information content (AvgIpc) is 2.65. The number of imidazole rings is 1. The fourth-order valence-electron chi connectivity index (χ4n) is 1.04. The van der Waals surface area contributed by atoms with Gasteiger partial charge in [0.1, 0.15) is 23.4 Å².